The first kappa shape index (κ1) is 14.4. The highest BCUT2D eigenvalue weighted by atomic mass is 16.4. The van der Waals surface area contributed by atoms with Crippen LogP contribution in [0.2, 0.25) is 0 Å². The first-order valence-corrected chi connectivity index (χ1v) is 6.39. The van der Waals surface area contributed by atoms with Crippen molar-refractivity contribution in [2.75, 3.05) is 26.2 Å². The number of carboxylic acids is 1. The van der Waals surface area contributed by atoms with Crippen LogP contribution in [-0.4, -0.2) is 59.4 Å². The Balaban J connectivity index is 2.58. The normalized spacial score (nSPS) is 27.9. The van der Waals surface area contributed by atoms with Gasteiger partial charge in [-0.2, -0.15) is 0 Å². The number of rotatable bonds is 6. The van der Waals surface area contributed by atoms with Crippen LogP contribution in [-0.2, 0) is 4.79 Å². The van der Waals surface area contributed by atoms with Crippen LogP contribution in [0.3, 0.4) is 0 Å². The second-order valence-electron chi connectivity index (χ2n) is 4.86. The number of nitrogens with one attached hydrogen (secondary N) is 1. The minimum absolute atomic E-state index is 0.0948. The van der Waals surface area contributed by atoms with Crippen LogP contribution in [0, 0.1) is 5.92 Å². The van der Waals surface area contributed by atoms with Gasteiger partial charge in [-0.1, -0.05) is 6.92 Å². The highest BCUT2D eigenvalue weighted by Crippen LogP contribution is 2.20. The predicted octanol–water partition coefficient (Wildman–Crippen LogP) is 0.142. The molecule has 0 spiro atoms. The summed E-state index contributed by atoms with van der Waals surface area (Å²) >= 11 is 0. The zero-order chi connectivity index (χ0) is 12.8. The summed E-state index contributed by atoms with van der Waals surface area (Å²) in [6.45, 7) is 6.39. The Labute approximate surface area is 103 Å². The number of hydrogen-bond acceptors (Lipinski definition) is 4. The van der Waals surface area contributed by atoms with Crippen LogP contribution in [0.15, 0.2) is 0 Å². The highest BCUT2D eigenvalue weighted by Gasteiger charge is 2.32. The number of carbonyl (C=O) groups is 1. The lowest BCUT2D eigenvalue weighted by Crippen LogP contribution is -2.53. The molecule has 1 fully saturated rings. The molecule has 0 bridgehead atoms. The van der Waals surface area contributed by atoms with E-state index < -0.39 is 5.97 Å². The van der Waals surface area contributed by atoms with Gasteiger partial charge in [0.15, 0.2) is 0 Å². The second kappa shape index (κ2) is 6.93. The van der Waals surface area contributed by atoms with Crippen molar-refractivity contribution in [1.82, 2.24) is 10.2 Å². The largest absolute Gasteiger partial charge is 0.481 e. The molecule has 0 aromatic heterocycles. The second-order valence-corrected chi connectivity index (χ2v) is 4.86. The molecule has 1 saturated heterocycles. The number of carboxylic acid groups (broad SMARTS) is 1. The summed E-state index contributed by atoms with van der Waals surface area (Å²) < 4.78 is 0. The number of piperidine rings is 1. The SMILES string of the molecule is CCC(C)N1CC(NCCO)CC(C(=O)O)C1. The number of aliphatic carboxylic acids is 1. The molecule has 3 N–H and O–H groups in total. The van der Waals surface area contributed by atoms with Crippen molar-refractivity contribution in [2.24, 2.45) is 5.92 Å². The van der Waals surface area contributed by atoms with Gasteiger partial charge in [0.05, 0.1) is 12.5 Å². The first-order valence-electron chi connectivity index (χ1n) is 6.39. The molecule has 3 atom stereocenters. The summed E-state index contributed by atoms with van der Waals surface area (Å²) in [5.74, 6) is -1.01. The van der Waals surface area contributed by atoms with Gasteiger partial charge in [-0.05, 0) is 19.8 Å². The predicted molar refractivity (Wildman–Crippen MR) is 65.9 cm³/mol. The third-order valence-corrected chi connectivity index (χ3v) is 3.59. The number of aliphatic hydroxyl groups is 1. The monoisotopic (exact) mass is 244 g/mol. The van der Waals surface area contributed by atoms with Crippen LogP contribution in [0.25, 0.3) is 0 Å². The van der Waals surface area contributed by atoms with Crippen LogP contribution in [0.1, 0.15) is 26.7 Å². The minimum Gasteiger partial charge on any atom is -0.481 e. The van der Waals surface area contributed by atoms with Gasteiger partial charge in [0.2, 0.25) is 0 Å². The van der Waals surface area contributed by atoms with Crippen molar-refractivity contribution in [3.8, 4) is 0 Å². The van der Waals surface area contributed by atoms with Gasteiger partial charge in [0.1, 0.15) is 0 Å². The third kappa shape index (κ3) is 4.26. The van der Waals surface area contributed by atoms with E-state index in [1.54, 1.807) is 0 Å². The topological polar surface area (TPSA) is 72.8 Å². The molecule has 3 unspecified atom stereocenters. The van der Waals surface area contributed by atoms with E-state index in [4.69, 9.17) is 10.2 Å². The fourth-order valence-corrected chi connectivity index (χ4v) is 2.35. The Morgan fingerprint density at radius 2 is 2.24 bits per heavy atom. The molecule has 0 saturated carbocycles. The average molecular weight is 244 g/mol. The summed E-state index contributed by atoms with van der Waals surface area (Å²) in [6, 6.07) is 0.585. The lowest BCUT2D eigenvalue weighted by atomic mass is 9.93. The number of aliphatic hydroxyl groups excluding tert-OH is 1. The van der Waals surface area contributed by atoms with Crippen molar-refractivity contribution in [2.45, 2.75) is 38.8 Å². The standard InChI is InChI=1S/C12H24N2O3/c1-3-9(2)14-7-10(12(16)17)6-11(8-14)13-4-5-15/h9-11,13,15H,3-8H2,1-2H3,(H,16,17). The molecule has 1 aliphatic heterocycles. The maximum absolute atomic E-state index is 11.1. The molecule has 0 aromatic carbocycles. The minimum atomic E-state index is -0.714. The van der Waals surface area contributed by atoms with E-state index in [2.05, 4.69) is 24.1 Å². The maximum atomic E-state index is 11.1. The van der Waals surface area contributed by atoms with Gasteiger partial charge in [-0.15, -0.1) is 0 Å². The highest BCUT2D eigenvalue weighted by molar-refractivity contribution is 5.70. The summed E-state index contributed by atoms with van der Waals surface area (Å²) in [4.78, 5) is 13.4. The van der Waals surface area contributed by atoms with Gasteiger partial charge in [0, 0.05) is 31.7 Å². The average Bonchev–Trinajstić information content (AvgIpc) is 2.34. The molecule has 100 valence electrons. The molecule has 0 radical (unpaired) electrons. The molecule has 0 amide bonds. The van der Waals surface area contributed by atoms with E-state index in [9.17, 15) is 4.79 Å². The molecule has 1 rings (SSSR count). The number of likely N-dealkylation sites (tertiary alicyclic amines) is 1. The van der Waals surface area contributed by atoms with Crippen LogP contribution >= 0.6 is 0 Å². The van der Waals surface area contributed by atoms with Gasteiger partial charge >= 0.3 is 5.97 Å². The fraction of sp³-hybridized carbons (Fsp3) is 0.917. The van der Waals surface area contributed by atoms with Crippen LogP contribution in [0.5, 0.6) is 0 Å². The Kier molecular flexibility index (Phi) is 5.88. The quantitative estimate of drug-likeness (QED) is 0.620. The van der Waals surface area contributed by atoms with Crippen molar-refractivity contribution < 1.29 is 15.0 Å². The van der Waals surface area contributed by atoms with E-state index >= 15 is 0 Å². The van der Waals surface area contributed by atoms with Crippen LogP contribution in [0.4, 0.5) is 0 Å². The van der Waals surface area contributed by atoms with E-state index in [-0.39, 0.29) is 18.6 Å². The Hall–Kier alpha value is -0.650. The molecule has 1 aliphatic rings. The molecule has 1 heterocycles. The lowest BCUT2D eigenvalue weighted by Gasteiger charge is -2.39. The molecular weight excluding hydrogens is 220 g/mol. The smallest absolute Gasteiger partial charge is 0.307 e. The zero-order valence-corrected chi connectivity index (χ0v) is 10.7. The van der Waals surface area contributed by atoms with Crippen LogP contribution < -0.4 is 5.32 Å². The van der Waals surface area contributed by atoms with Crippen molar-refractivity contribution in [3.05, 3.63) is 0 Å². The van der Waals surface area contributed by atoms with E-state index in [0.717, 1.165) is 13.0 Å². The molecule has 5 heteroatoms. The summed E-state index contributed by atoms with van der Waals surface area (Å²) in [6.07, 6.45) is 1.68. The summed E-state index contributed by atoms with van der Waals surface area (Å²) in [5, 5.41) is 21.2. The summed E-state index contributed by atoms with van der Waals surface area (Å²) in [7, 11) is 0. The van der Waals surface area contributed by atoms with Gasteiger partial charge in [-0.25, -0.2) is 0 Å². The molecule has 0 aliphatic carbocycles. The molecule has 5 nitrogen and oxygen atoms in total. The summed E-state index contributed by atoms with van der Waals surface area (Å²) in [5.41, 5.74) is 0. The van der Waals surface area contributed by atoms with Gasteiger partial charge in [-0.3, -0.25) is 9.69 Å². The Morgan fingerprint density at radius 3 is 2.76 bits per heavy atom. The molecule has 17 heavy (non-hydrogen) atoms. The molecular formula is C12H24N2O3. The van der Waals surface area contributed by atoms with Gasteiger partial charge in [0.25, 0.3) is 0 Å². The lowest BCUT2D eigenvalue weighted by molar-refractivity contribution is -0.144. The fourth-order valence-electron chi connectivity index (χ4n) is 2.35. The third-order valence-electron chi connectivity index (χ3n) is 3.59. The van der Waals surface area contributed by atoms with Crippen molar-refractivity contribution >= 4 is 5.97 Å². The zero-order valence-electron chi connectivity index (χ0n) is 10.7. The van der Waals surface area contributed by atoms with E-state index in [0.29, 0.717) is 25.6 Å². The van der Waals surface area contributed by atoms with Crippen molar-refractivity contribution in [1.29, 1.82) is 0 Å². The van der Waals surface area contributed by atoms with Gasteiger partial charge < -0.3 is 15.5 Å². The van der Waals surface area contributed by atoms with E-state index in [1.165, 1.54) is 0 Å². The number of nitrogens with zero attached hydrogens (tertiary/aromatic N) is 1. The maximum Gasteiger partial charge on any atom is 0.307 e. The Morgan fingerprint density at radius 1 is 1.53 bits per heavy atom. The Bertz CT molecular complexity index is 248. The van der Waals surface area contributed by atoms with E-state index in [1.807, 2.05) is 0 Å². The number of hydrogen-bond donors (Lipinski definition) is 3. The van der Waals surface area contributed by atoms with Crippen molar-refractivity contribution in [3.63, 3.8) is 0 Å². The first-order chi connectivity index (χ1) is 8.08. The molecule has 0 aromatic rings.